The number of benzene rings is 1. The van der Waals surface area contributed by atoms with E-state index in [1.807, 2.05) is 0 Å². The number of rotatable bonds is 7. The lowest BCUT2D eigenvalue weighted by molar-refractivity contribution is 0.193. The van der Waals surface area contributed by atoms with Crippen molar-refractivity contribution in [1.29, 1.82) is 0 Å². The molecule has 2 rings (SSSR count). The minimum absolute atomic E-state index is 0.155. The molecule has 0 aliphatic heterocycles. The van der Waals surface area contributed by atoms with Crippen LogP contribution in [0.25, 0.3) is 0 Å². The Kier molecular flexibility index (Phi) is 5.46. The molecule has 114 valence electrons. The summed E-state index contributed by atoms with van der Waals surface area (Å²) in [5.41, 5.74) is 0.865. The molecule has 7 heteroatoms. The quantitative estimate of drug-likeness (QED) is 0.813. The van der Waals surface area contributed by atoms with Gasteiger partial charge in [0.1, 0.15) is 10.0 Å². The fraction of sp³-hybridized carbons (Fsp3) is 0.286. The number of sulfone groups is 1. The van der Waals surface area contributed by atoms with Crippen LogP contribution in [0.4, 0.5) is 4.39 Å². The van der Waals surface area contributed by atoms with Crippen LogP contribution in [-0.4, -0.2) is 31.9 Å². The van der Waals surface area contributed by atoms with E-state index >= 15 is 0 Å². The van der Waals surface area contributed by atoms with Gasteiger partial charge >= 0.3 is 0 Å². The van der Waals surface area contributed by atoms with Crippen molar-refractivity contribution in [2.75, 3.05) is 12.3 Å². The Balaban J connectivity index is 1.80. The van der Waals surface area contributed by atoms with E-state index in [-0.39, 0.29) is 22.3 Å². The third-order valence-corrected chi connectivity index (χ3v) is 6.12. The number of aliphatic hydroxyl groups excluding tert-OH is 1. The van der Waals surface area contributed by atoms with Crippen molar-refractivity contribution in [3.63, 3.8) is 0 Å². The minimum Gasteiger partial charge on any atom is -0.391 e. The predicted octanol–water partition coefficient (Wildman–Crippen LogP) is 1.81. The maximum absolute atomic E-state index is 12.7. The van der Waals surface area contributed by atoms with Crippen molar-refractivity contribution in [2.24, 2.45) is 0 Å². The Labute approximate surface area is 127 Å². The molecule has 4 nitrogen and oxygen atoms in total. The van der Waals surface area contributed by atoms with Gasteiger partial charge in [-0.1, -0.05) is 18.2 Å². The maximum atomic E-state index is 12.7. The topological polar surface area (TPSA) is 66.4 Å². The van der Waals surface area contributed by atoms with Gasteiger partial charge in [0, 0.05) is 13.1 Å². The molecular formula is C14H16FNO3S2. The van der Waals surface area contributed by atoms with Crippen LogP contribution < -0.4 is 5.32 Å². The zero-order valence-electron chi connectivity index (χ0n) is 11.2. The molecule has 1 heterocycles. The van der Waals surface area contributed by atoms with E-state index in [9.17, 15) is 17.9 Å². The van der Waals surface area contributed by atoms with E-state index in [1.165, 1.54) is 18.2 Å². The van der Waals surface area contributed by atoms with Crippen molar-refractivity contribution in [2.45, 2.75) is 16.9 Å². The van der Waals surface area contributed by atoms with Crippen LogP contribution in [0.1, 0.15) is 5.56 Å². The molecule has 0 spiro atoms. The van der Waals surface area contributed by atoms with E-state index in [0.717, 1.165) is 16.9 Å². The number of thiophene rings is 1. The van der Waals surface area contributed by atoms with Crippen molar-refractivity contribution < 1.29 is 17.9 Å². The summed E-state index contributed by atoms with van der Waals surface area (Å²) in [6.07, 6.45) is -0.988. The maximum Gasteiger partial charge on any atom is 0.190 e. The number of halogens is 1. The zero-order chi connectivity index (χ0) is 15.3. The van der Waals surface area contributed by atoms with Crippen molar-refractivity contribution >= 4 is 21.2 Å². The van der Waals surface area contributed by atoms with Crippen molar-refractivity contribution in [1.82, 2.24) is 5.32 Å². The Morgan fingerprint density at radius 2 is 1.95 bits per heavy atom. The highest BCUT2D eigenvalue weighted by molar-refractivity contribution is 7.93. The van der Waals surface area contributed by atoms with Crippen LogP contribution in [0.5, 0.6) is 0 Å². The molecule has 0 aliphatic rings. The van der Waals surface area contributed by atoms with Crippen LogP contribution in [0.2, 0.25) is 0 Å². The first kappa shape index (κ1) is 16.1. The Bertz CT molecular complexity index is 654. The first-order chi connectivity index (χ1) is 9.97. The third-order valence-electron chi connectivity index (χ3n) is 2.84. The molecule has 0 saturated carbocycles. The summed E-state index contributed by atoms with van der Waals surface area (Å²) in [6.45, 7) is 0.596. The highest BCUT2D eigenvalue weighted by atomic mass is 32.2. The average Bonchev–Trinajstić information content (AvgIpc) is 2.95. The third kappa shape index (κ3) is 4.89. The lowest BCUT2D eigenvalue weighted by atomic mass is 10.2. The van der Waals surface area contributed by atoms with E-state index in [2.05, 4.69) is 5.32 Å². The highest BCUT2D eigenvalue weighted by Gasteiger charge is 2.20. The summed E-state index contributed by atoms with van der Waals surface area (Å²) in [5, 5.41) is 14.5. The van der Waals surface area contributed by atoms with Crippen LogP contribution in [-0.2, 0) is 16.4 Å². The first-order valence-corrected chi connectivity index (χ1v) is 8.90. The van der Waals surface area contributed by atoms with Gasteiger partial charge in [-0.3, -0.25) is 0 Å². The van der Waals surface area contributed by atoms with Gasteiger partial charge < -0.3 is 10.4 Å². The molecule has 2 N–H and O–H groups in total. The molecule has 0 saturated heterocycles. The molecule has 1 unspecified atom stereocenters. The average molecular weight is 329 g/mol. The summed E-state index contributed by atoms with van der Waals surface area (Å²) >= 11 is 1.14. The van der Waals surface area contributed by atoms with Crippen LogP contribution >= 0.6 is 11.3 Å². The molecule has 1 aromatic carbocycles. The molecule has 21 heavy (non-hydrogen) atoms. The molecule has 0 amide bonds. The second-order valence-corrected chi connectivity index (χ2v) is 7.83. The Hall–Kier alpha value is -1.28. The van der Waals surface area contributed by atoms with E-state index in [1.54, 1.807) is 23.6 Å². The van der Waals surface area contributed by atoms with Gasteiger partial charge in [0.15, 0.2) is 9.84 Å². The molecule has 0 radical (unpaired) electrons. The largest absolute Gasteiger partial charge is 0.391 e. The summed E-state index contributed by atoms with van der Waals surface area (Å²) in [6, 6.07) is 9.17. The normalized spacial score (nSPS) is 13.2. The smallest absolute Gasteiger partial charge is 0.190 e. The lowest BCUT2D eigenvalue weighted by Crippen LogP contribution is -2.32. The summed E-state index contributed by atoms with van der Waals surface area (Å²) < 4.78 is 36.9. The Morgan fingerprint density at radius 3 is 2.57 bits per heavy atom. The monoisotopic (exact) mass is 329 g/mol. The zero-order valence-corrected chi connectivity index (χ0v) is 12.8. The highest BCUT2D eigenvalue weighted by Crippen LogP contribution is 2.18. The van der Waals surface area contributed by atoms with Gasteiger partial charge in [-0.15, -0.1) is 11.3 Å². The summed E-state index contributed by atoms with van der Waals surface area (Å²) in [7, 11) is -3.44. The van der Waals surface area contributed by atoms with Gasteiger partial charge in [-0.25, -0.2) is 12.8 Å². The predicted molar refractivity (Wildman–Crippen MR) is 80.5 cm³/mol. The lowest BCUT2D eigenvalue weighted by Gasteiger charge is -2.11. The molecule has 2 aromatic rings. The van der Waals surface area contributed by atoms with Crippen LogP contribution in [0, 0.1) is 5.82 Å². The van der Waals surface area contributed by atoms with Gasteiger partial charge in [-0.05, 0) is 29.1 Å². The summed E-state index contributed by atoms with van der Waals surface area (Å²) in [4.78, 5) is 0. The second kappa shape index (κ2) is 7.13. The molecular weight excluding hydrogens is 313 g/mol. The van der Waals surface area contributed by atoms with Gasteiger partial charge in [-0.2, -0.15) is 0 Å². The molecule has 0 aliphatic carbocycles. The minimum atomic E-state index is -3.44. The van der Waals surface area contributed by atoms with E-state index < -0.39 is 15.9 Å². The molecule has 0 fully saturated rings. The number of aliphatic hydroxyl groups is 1. The van der Waals surface area contributed by atoms with Crippen molar-refractivity contribution in [3.8, 4) is 0 Å². The van der Waals surface area contributed by atoms with Crippen LogP contribution in [0.3, 0.4) is 0 Å². The summed E-state index contributed by atoms with van der Waals surface area (Å²) in [5.74, 6) is -0.620. The SMILES string of the molecule is O=S(=O)(CC(O)CNCc1ccc(F)cc1)c1cccs1. The number of hydrogen-bond donors (Lipinski definition) is 2. The fourth-order valence-electron chi connectivity index (χ4n) is 1.82. The van der Waals surface area contributed by atoms with Crippen LogP contribution in [0.15, 0.2) is 46.0 Å². The number of hydrogen-bond acceptors (Lipinski definition) is 5. The molecule has 1 atom stereocenters. The van der Waals surface area contributed by atoms with Gasteiger partial charge in [0.25, 0.3) is 0 Å². The number of nitrogens with one attached hydrogen (secondary N) is 1. The first-order valence-electron chi connectivity index (χ1n) is 6.37. The fourth-order valence-corrected chi connectivity index (χ4v) is 4.30. The molecule has 0 bridgehead atoms. The second-order valence-electron chi connectivity index (χ2n) is 4.62. The standard InChI is InChI=1S/C14H16FNO3S2/c15-12-5-3-11(4-6-12)8-16-9-13(17)10-21(18,19)14-2-1-7-20-14/h1-7,13,16-17H,8-10H2. The van der Waals surface area contributed by atoms with E-state index in [0.29, 0.717) is 6.54 Å². The van der Waals surface area contributed by atoms with E-state index in [4.69, 9.17) is 0 Å². The Morgan fingerprint density at radius 1 is 1.24 bits per heavy atom. The molecule has 1 aromatic heterocycles. The van der Waals surface area contributed by atoms with Crippen molar-refractivity contribution in [3.05, 3.63) is 53.2 Å². The van der Waals surface area contributed by atoms with Gasteiger partial charge in [0.2, 0.25) is 0 Å². The van der Waals surface area contributed by atoms with Gasteiger partial charge in [0.05, 0.1) is 11.9 Å².